The molecule has 5 nitrogen and oxygen atoms in total. The SMILES string of the molecule is COCCN(CCO)c1ncccc1C=O. The van der Waals surface area contributed by atoms with Gasteiger partial charge in [-0.15, -0.1) is 0 Å². The molecule has 0 unspecified atom stereocenters. The highest BCUT2D eigenvalue weighted by Crippen LogP contribution is 2.14. The number of anilines is 1. The lowest BCUT2D eigenvalue weighted by Crippen LogP contribution is -2.31. The van der Waals surface area contributed by atoms with E-state index in [1.54, 1.807) is 25.4 Å². The largest absolute Gasteiger partial charge is 0.395 e. The van der Waals surface area contributed by atoms with Crippen molar-refractivity contribution >= 4 is 12.1 Å². The van der Waals surface area contributed by atoms with Crippen LogP contribution in [-0.2, 0) is 4.74 Å². The van der Waals surface area contributed by atoms with Crippen molar-refractivity contribution in [3.05, 3.63) is 23.9 Å². The molecule has 1 N–H and O–H groups in total. The van der Waals surface area contributed by atoms with Crippen LogP contribution in [0.3, 0.4) is 0 Å². The molecule has 5 heteroatoms. The van der Waals surface area contributed by atoms with Gasteiger partial charge in [0.1, 0.15) is 5.82 Å². The highest BCUT2D eigenvalue weighted by molar-refractivity contribution is 5.82. The summed E-state index contributed by atoms with van der Waals surface area (Å²) in [6.07, 6.45) is 2.39. The predicted octanol–water partition coefficient (Wildman–Crippen LogP) is 0.339. The molecule has 1 heterocycles. The van der Waals surface area contributed by atoms with Crippen molar-refractivity contribution in [2.75, 3.05) is 38.3 Å². The van der Waals surface area contributed by atoms with Gasteiger partial charge < -0.3 is 14.7 Å². The molecule has 0 spiro atoms. The van der Waals surface area contributed by atoms with E-state index >= 15 is 0 Å². The van der Waals surface area contributed by atoms with Crippen LogP contribution in [0.2, 0.25) is 0 Å². The minimum absolute atomic E-state index is 0.0125. The topological polar surface area (TPSA) is 62.7 Å². The molecule has 0 saturated carbocycles. The molecule has 0 amide bonds. The Bertz CT molecular complexity index is 331. The number of pyridine rings is 1. The van der Waals surface area contributed by atoms with E-state index in [-0.39, 0.29) is 6.61 Å². The van der Waals surface area contributed by atoms with Gasteiger partial charge >= 0.3 is 0 Å². The minimum Gasteiger partial charge on any atom is -0.395 e. The van der Waals surface area contributed by atoms with Crippen LogP contribution in [0.25, 0.3) is 0 Å². The van der Waals surface area contributed by atoms with Gasteiger partial charge in [0.15, 0.2) is 6.29 Å². The molecule has 0 aliphatic rings. The highest BCUT2D eigenvalue weighted by atomic mass is 16.5. The maximum atomic E-state index is 10.8. The zero-order valence-corrected chi connectivity index (χ0v) is 9.30. The summed E-state index contributed by atoms with van der Waals surface area (Å²) in [5.74, 6) is 0.587. The van der Waals surface area contributed by atoms with Crippen LogP contribution in [0.1, 0.15) is 10.4 Å². The number of ether oxygens (including phenoxy) is 1. The van der Waals surface area contributed by atoms with Crippen molar-refractivity contribution in [2.45, 2.75) is 0 Å². The number of hydrogen-bond donors (Lipinski definition) is 1. The molecule has 1 aromatic rings. The Balaban J connectivity index is 2.85. The minimum atomic E-state index is 0.0125. The van der Waals surface area contributed by atoms with Crippen LogP contribution in [0.5, 0.6) is 0 Å². The summed E-state index contributed by atoms with van der Waals surface area (Å²) < 4.78 is 4.97. The lowest BCUT2D eigenvalue weighted by Gasteiger charge is -2.23. The molecule has 0 bridgehead atoms. The van der Waals surface area contributed by atoms with Gasteiger partial charge in [-0.3, -0.25) is 4.79 Å². The van der Waals surface area contributed by atoms with Gasteiger partial charge in [0, 0.05) is 26.4 Å². The van der Waals surface area contributed by atoms with Gasteiger partial charge in [-0.1, -0.05) is 0 Å². The van der Waals surface area contributed by atoms with Crippen molar-refractivity contribution in [3.63, 3.8) is 0 Å². The molecule has 0 aromatic carbocycles. The van der Waals surface area contributed by atoms with Crippen molar-refractivity contribution in [1.82, 2.24) is 4.98 Å². The molecule has 1 rings (SSSR count). The third-order valence-electron chi connectivity index (χ3n) is 2.18. The fourth-order valence-corrected chi connectivity index (χ4v) is 1.41. The Morgan fingerprint density at radius 2 is 2.38 bits per heavy atom. The molecule has 0 fully saturated rings. The number of aliphatic hydroxyl groups excluding tert-OH is 1. The first-order valence-electron chi connectivity index (χ1n) is 5.08. The van der Waals surface area contributed by atoms with E-state index in [4.69, 9.17) is 9.84 Å². The highest BCUT2D eigenvalue weighted by Gasteiger charge is 2.11. The fraction of sp³-hybridized carbons (Fsp3) is 0.455. The van der Waals surface area contributed by atoms with Gasteiger partial charge in [-0.2, -0.15) is 0 Å². The first-order valence-corrected chi connectivity index (χ1v) is 5.08. The first kappa shape index (κ1) is 12.6. The summed E-state index contributed by atoms with van der Waals surface area (Å²) >= 11 is 0. The van der Waals surface area contributed by atoms with E-state index in [1.807, 2.05) is 4.90 Å². The van der Waals surface area contributed by atoms with Crippen LogP contribution >= 0.6 is 0 Å². The lowest BCUT2D eigenvalue weighted by atomic mass is 10.2. The maximum absolute atomic E-state index is 10.8. The molecular weight excluding hydrogens is 208 g/mol. The average molecular weight is 224 g/mol. The van der Waals surface area contributed by atoms with E-state index in [2.05, 4.69) is 4.98 Å². The summed E-state index contributed by atoms with van der Waals surface area (Å²) in [5, 5.41) is 8.96. The number of aldehydes is 1. The van der Waals surface area contributed by atoms with Gasteiger partial charge in [-0.25, -0.2) is 4.98 Å². The predicted molar refractivity (Wildman–Crippen MR) is 60.8 cm³/mol. The summed E-state index contributed by atoms with van der Waals surface area (Å²) in [6, 6.07) is 3.41. The van der Waals surface area contributed by atoms with Gasteiger partial charge in [-0.05, 0) is 12.1 Å². The number of aliphatic hydroxyl groups is 1. The number of hydrogen-bond acceptors (Lipinski definition) is 5. The standard InChI is InChI=1S/C11H16N2O3/c1-16-8-6-13(5-7-14)11-10(9-15)3-2-4-12-11/h2-4,9,14H,5-8H2,1H3. The second kappa shape index (κ2) is 6.92. The van der Waals surface area contributed by atoms with Gasteiger partial charge in [0.25, 0.3) is 0 Å². The Labute approximate surface area is 94.7 Å². The average Bonchev–Trinajstić information content (AvgIpc) is 2.34. The Kier molecular flexibility index (Phi) is 5.45. The van der Waals surface area contributed by atoms with E-state index in [1.165, 1.54) is 0 Å². The zero-order chi connectivity index (χ0) is 11.8. The van der Waals surface area contributed by atoms with Crippen molar-refractivity contribution < 1.29 is 14.6 Å². The van der Waals surface area contributed by atoms with Crippen LogP contribution in [0, 0.1) is 0 Å². The van der Waals surface area contributed by atoms with E-state index in [0.717, 1.165) is 6.29 Å². The number of carbonyl (C=O) groups excluding carboxylic acids is 1. The van der Waals surface area contributed by atoms with Gasteiger partial charge in [0.2, 0.25) is 0 Å². The van der Waals surface area contributed by atoms with Crippen LogP contribution in [0.4, 0.5) is 5.82 Å². The number of nitrogens with zero attached hydrogens (tertiary/aromatic N) is 2. The third kappa shape index (κ3) is 3.29. The Morgan fingerprint density at radius 1 is 1.56 bits per heavy atom. The van der Waals surface area contributed by atoms with Gasteiger partial charge in [0.05, 0.1) is 18.8 Å². The van der Waals surface area contributed by atoms with Crippen LogP contribution in [-0.4, -0.2) is 49.8 Å². The van der Waals surface area contributed by atoms with Crippen molar-refractivity contribution in [2.24, 2.45) is 0 Å². The lowest BCUT2D eigenvalue weighted by molar-refractivity contribution is 0.112. The first-order chi connectivity index (χ1) is 7.83. The van der Waals surface area contributed by atoms with Crippen molar-refractivity contribution in [1.29, 1.82) is 0 Å². The number of methoxy groups -OCH3 is 1. The smallest absolute Gasteiger partial charge is 0.153 e. The molecular formula is C11H16N2O3. The van der Waals surface area contributed by atoms with Crippen molar-refractivity contribution in [3.8, 4) is 0 Å². The second-order valence-corrected chi connectivity index (χ2v) is 3.24. The quantitative estimate of drug-likeness (QED) is 0.677. The zero-order valence-electron chi connectivity index (χ0n) is 9.30. The van der Waals surface area contributed by atoms with Crippen LogP contribution in [0.15, 0.2) is 18.3 Å². The molecule has 1 aromatic heterocycles. The molecule has 0 saturated heterocycles. The van der Waals surface area contributed by atoms with E-state index in [9.17, 15) is 4.79 Å². The van der Waals surface area contributed by atoms with Crippen LogP contribution < -0.4 is 4.90 Å². The molecule has 88 valence electrons. The second-order valence-electron chi connectivity index (χ2n) is 3.24. The maximum Gasteiger partial charge on any atom is 0.153 e. The summed E-state index contributed by atoms with van der Waals surface area (Å²) in [5.41, 5.74) is 0.520. The number of rotatable bonds is 7. The summed E-state index contributed by atoms with van der Waals surface area (Å²) in [7, 11) is 1.61. The number of aromatic nitrogens is 1. The van der Waals surface area contributed by atoms with E-state index < -0.39 is 0 Å². The molecule has 0 aliphatic heterocycles. The monoisotopic (exact) mass is 224 g/mol. The fourth-order valence-electron chi connectivity index (χ4n) is 1.41. The summed E-state index contributed by atoms with van der Waals surface area (Å²) in [4.78, 5) is 16.8. The molecule has 0 aliphatic carbocycles. The van der Waals surface area contributed by atoms with E-state index in [0.29, 0.717) is 31.1 Å². The third-order valence-corrected chi connectivity index (χ3v) is 2.18. The Morgan fingerprint density at radius 3 is 3.00 bits per heavy atom. The molecule has 0 atom stereocenters. The molecule has 16 heavy (non-hydrogen) atoms. The molecule has 0 radical (unpaired) electrons. The number of carbonyl (C=O) groups is 1. The summed E-state index contributed by atoms with van der Waals surface area (Å²) in [6.45, 7) is 1.56. The normalized spacial score (nSPS) is 10.1. The Hall–Kier alpha value is -1.46.